The van der Waals surface area contributed by atoms with Gasteiger partial charge in [-0.1, -0.05) is 27.7 Å². The van der Waals surface area contributed by atoms with Gasteiger partial charge >= 0.3 is 0 Å². The molecule has 3 nitrogen and oxygen atoms in total. The molecular weight excluding hydrogens is 270 g/mol. The highest BCUT2D eigenvalue weighted by atomic mass is 79.9. The molecule has 1 unspecified atom stereocenters. The predicted octanol–water partition coefficient (Wildman–Crippen LogP) is 3.45. The Morgan fingerprint density at radius 2 is 2.12 bits per heavy atom. The zero-order valence-corrected chi connectivity index (χ0v) is 11.7. The van der Waals surface area contributed by atoms with Crippen molar-refractivity contribution in [3.63, 3.8) is 0 Å². The number of nitrogens with one attached hydrogen (secondary N) is 1. The fourth-order valence-electron chi connectivity index (χ4n) is 1.08. The van der Waals surface area contributed by atoms with Gasteiger partial charge in [0.05, 0.1) is 0 Å². The van der Waals surface area contributed by atoms with Crippen molar-refractivity contribution in [2.45, 2.75) is 27.7 Å². The lowest BCUT2D eigenvalue weighted by atomic mass is 9.82. The molecule has 0 saturated heterocycles. The summed E-state index contributed by atoms with van der Waals surface area (Å²) in [6.45, 7) is 9.26. The minimum absolute atomic E-state index is 0.165. The molecule has 0 aliphatic rings. The molecular formula is C12H18BrNO2. The van der Waals surface area contributed by atoms with Crippen molar-refractivity contribution in [2.24, 2.45) is 11.3 Å². The molecule has 0 aliphatic heterocycles. The van der Waals surface area contributed by atoms with Gasteiger partial charge in [0.1, 0.15) is 0 Å². The van der Waals surface area contributed by atoms with Crippen molar-refractivity contribution in [3.05, 3.63) is 22.6 Å². The van der Waals surface area contributed by atoms with E-state index in [4.69, 9.17) is 4.42 Å². The van der Waals surface area contributed by atoms with Crippen molar-refractivity contribution in [3.8, 4) is 0 Å². The van der Waals surface area contributed by atoms with Crippen molar-refractivity contribution in [1.82, 2.24) is 5.32 Å². The van der Waals surface area contributed by atoms with Gasteiger partial charge in [-0.05, 0) is 39.4 Å². The molecule has 1 N–H and O–H groups in total. The number of hydrogen-bond acceptors (Lipinski definition) is 2. The number of halogens is 1. The monoisotopic (exact) mass is 287 g/mol. The Morgan fingerprint density at radius 1 is 1.50 bits per heavy atom. The average Bonchev–Trinajstić information content (AvgIpc) is 2.59. The topological polar surface area (TPSA) is 42.2 Å². The quantitative estimate of drug-likeness (QED) is 0.925. The average molecular weight is 288 g/mol. The van der Waals surface area contributed by atoms with E-state index in [1.165, 1.54) is 0 Å². The van der Waals surface area contributed by atoms with Crippen molar-refractivity contribution < 1.29 is 9.21 Å². The van der Waals surface area contributed by atoms with Crippen LogP contribution in [-0.2, 0) is 0 Å². The van der Waals surface area contributed by atoms with E-state index in [0.29, 0.717) is 22.9 Å². The van der Waals surface area contributed by atoms with Gasteiger partial charge in [0.2, 0.25) is 0 Å². The lowest BCUT2D eigenvalue weighted by Crippen LogP contribution is -2.33. The predicted molar refractivity (Wildman–Crippen MR) is 67.4 cm³/mol. The Bertz CT molecular complexity index is 365. The lowest BCUT2D eigenvalue weighted by molar-refractivity contribution is 0.0908. The van der Waals surface area contributed by atoms with Gasteiger partial charge in [-0.15, -0.1) is 0 Å². The second-order valence-electron chi connectivity index (χ2n) is 5.08. The zero-order chi connectivity index (χ0) is 12.3. The highest BCUT2D eigenvalue weighted by molar-refractivity contribution is 9.10. The first-order valence-electron chi connectivity index (χ1n) is 5.34. The fraction of sp³-hybridized carbons (Fsp3) is 0.583. The van der Waals surface area contributed by atoms with Gasteiger partial charge in [0, 0.05) is 6.54 Å². The van der Waals surface area contributed by atoms with Crippen LogP contribution in [0.3, 0.4) is 0 Å². The molecule has 0 radical (unpaired) electrons. The first-order valence-corrected chi connectivity index (χ1v) is 6.13. The third kappa shape index (κ3) is 3.67. The maximum atomic E-state index is 11.7. The SMILES string of the molecule is CC(CNC(=O)c1ccc(Br)o1)C(C)(C)C. The van der Waals surface area contributed by atoms with Crippen LogP contribution in [-0.4, -0.2) is 12.5 Å². The van der Waals surface area contributed by atoms with Gasteiger partial charge < -0.3 is 9.73 Å². The van der Waals surface area contributed by atoms with Gasteiger partial charge in [-0.2, -0.15) is 0 Å². The molecule has 1 aromatic rings. The highest BCUT2D eigenvalue weighted by Crippen LogP contribution is 2.24. The van der Waals surface area contributed by atoms with Gasteiger partial charge in [-0.25, -0.2) is 0 Å². The molecule has 16 heavy (non-hydrogen) atoms. The maximum absolute atomic E-state index is 11.7. The normalized spacial score (nSPS) is 13.6. The van der Waals surface area contributed by atoms with Crippen LogP contribution in [0, 0.1) is 11.3 Å². The first-order chi connectivity index (χ1) is 7.30. The Morgan fingerprint density at radius 3 is 2.56 bits per heavy atom. The van der Waals surface area contributed by atoms with E-state index < -0.39 is 0 Å². The number of rotatable bonds is 3. The summed E-state index contributed by atoms with van der Waals surface area (Å²) in [5.41, 5.74) is 0.191. The van der Waals surface area contributed by atoms with Crippen LogP contribution < -0.4 is 5.32 Å². The highest BCUT2D eigenvalue weighted by Gasteiger charge is 2.21. The molecule has 0 spiro atoms. The van der Waals surface area contributed by atoms with Crippen LogP contribution in [0.25, 0.3) is 0 Å². The third-order valence-corrected chi connectivity index (χ3v) is 3.27. The molecule has 4 heteroatoms. The molecule has 0 saturated carbocycles. The number of carbonyl (C=O) groups excluding carboxylic acids is 1. The Balaban J connectivity index is 2.48. The van der Waals surface area contributed by atoms with Crippen LogP contribution in [0.15, 0.2) is 21.2 Å². The molecule has 1 aromatic heterocycles. The maximum Gasteiger partial charge on any atom is 0.287 e. The standard InChI is InChI=1S/C12H18BrNO2/c1-8(12(2,3)4)7-14-11(15)9-5-6-10(13)16-9/h5-6,8H,7H2,1-4H3,(H,14,15). The second kappa shape index (κ2) is 5.04. The summed E-state index contributed by atoms with van der Waals surface area (Å²) in [5.74, 6) is 0.588. The Hall–Kier alpha value is -0.770. The molecule has 1 atom stereocenters. The van der Waals surface area contributed by atoms with Crippen molar-refractivity contribution >= 4 is 21.8 Å². The van der Waals surface area contributed by atoms with Crippen LogP contribution in [0.2, 0.25) is 0 Å². The minimum Gasteiger partial charge on any atom is -0.444 e. The summed E-state index contributed by atoms with van der Waals surface area (Å²) in [4.78, 5) is 11.7. The van der Waals surface area contributed by atoms with E-state index in [1.807, 2.05) is 0 Å². The van der Waals surface area contributed by atoms with E-state index in [1.54, 1.807) is 12.1 Å². The van der Waals surface area contributed by atoms with E-state index in [0.717, 1.165) is 0 Å². The summed E-state index contributed by atoms with van der Waals surface area (Å²) in [6.07, 6.45) is 0. The van der Waals surface area contributed by atoms with E-state index >= 15 is 0 Å². The van der Waals surface area contributed by atoms with E-state index in [9.17, 15) is 4.79 Å². The Kier molecular flexibility index (Phi) is 4.19. The van der Waals surface area contributed by atoms with Gasteiger partial charge in [0.25, 0.3) is 5.91 Å². The van der Waals surface area contributed by atoms with Crippen molar-refractivity contribution in [1.29, 1.82) is 0 Å². The molecule has 0 fully saturated rings. The summed E-state index contributed by atoms with van der Waals surface area (Å²) in [6, 6.07) is 3.36. The lowest BCUT2D eigenvalue weighted by Gasteiger charge is -2.27. The number of carbonyl (C=O) groups is 1. The molecule has 90 valence electrons. The molecule has 1 heterocycles. The largest absolute Gasteiger partial charge is 0.444 e. The fourth-order valence-corrected chi connectivity index (χ4v) is 1.38. The molecule has 1 amide bonds. The van der Waals surface area contributed by atoms with Crippen LogP contribution in [0.5, 0.6) is 0 Å². The molecule has 0 aliphatic carbocycles. The summed E-state index contributed by atoms with van der Waals surface area (Å²) >= 11 is 3.17. The van der Waals surface area contributed by atoms with Gasteiger partial charge in [-0.3, -0.25) is 4.79 Å². The number of hydrogen-bond donors (Lipinski definition) is 1. The second-order valence-corrected chi connectivity index (χ2v) is 5.86. The van der Waals surface area contributed by atoms with Crippen molar-refractivity contribution in [2.75, 3.05) is 6.54 Å². The summed E-state index contributed by atoms with van der Waals surface area (Å²) in [5, 5.41) is 2.87. The van der Waals surface area contributed by atoms with Gasteiger partial charge in [0.15, 0.2) is 10.4 Å². The van der Waals surface area contributed by atoms with Crippen LogP contribution in [0.4, 0.5) is 0 Å². The first kappa shape index (κ1) is 13.3. The minimum atomic E-state index is -0.165. The smallest absolute Gasteiger partial charge is 0.287 e. The van der Waals surface area contributed by atoms with E-state index in [-0.39, 0.29) is 11.3 Å². The number of amides is 1. The zero-order valence-electron chi connectivity index (χ0n) is 10.1. The molecule has 0 aromatic carbocycles. The number of furan rings is 1. The molecule has 0 bridgehead atoms. The van der Waals surface area contributed by atoms with E-state index in [2.05, 4.69) is 48.9 Å². The molecule has 1 rings (SSSR count). The summed E-state index contributed by atoms with van der Waals surface area (Å²) < 4.78 is 5.74. The summed E-state index contributed by atoms with van der Waals surface area (Å²) in [7, 11) is 0. The third-order valence-electron chi connectivity index (χ3n) is 2.84. The Labute approximate surface area is 105 Å². The van der Waals surface area contributed by atoms with Crippen LogP contribution in [0.1, 0.15) is 38.2 Å². The van der Waals surface area contributed by atoms with Crippen LogP contribution >= 0.6 is 15.9 Å².